The first kappa shape index (κ1) is 17.8. The average molecular weight is 332 g/mol. The molecular weight excluding hydrogens is 312 g/mol. The molecule has 0 unspecified atom stereocenters. The second-order valence-corrected chi connectivity index (χ2v) is 10.2. The summed E-state index contributed by atoms with van der Waals surface area (Å²) in [6.07, 6.45) is 1.96. The maximum atomic E-state index is 12.1. The van der Waals surface area contributed by atoms with E-state index in [0.717, 1.165) is 18.6 Å². The summed E-state index contributed by atoms with van der Waals surface area (Å²) in [5, 5.41) is 0. The minimum Gasteiger partial charge on any atom is -0.299 e. The number of ketones is 1. The minimum atomic E-state index is -3.62. The number of hydrogen-bond donors (Lipinski definition) is 0. The van der Waals surface area contributed by atoms with Crippen molar-refractivity contribution in [3.8, 4) is 0 Å². The van der Waals surface area contributed by atoms with Gasteiger partial charge in [-0.15, -0.1) is 0 Å². The number of carbonyl (C=O) groups excluding carboxylic acids is 1. The lowest BCUT2D eigenvalue weighted by Crippen LogP contribution is -2.23. The van der Waals surface area contributed by atoms with Crippen LogP contribution in [0.15, 0.2) is 28.0 Å². The van der Waals surface area contributed by atoms with Crippen LogP contribution >= 0.6 is 0 Å². The Morgan fingerprint density at radius 1 is 1.00 bits per heavy atom. The van der Waals surface area contributed by atoms with Gasteiger partial charge in [-0.2, -0.15) is 0 Å². The van der Waals surface area contributed by atoms with Crippen molar-refractivity contribution in [2.24, 2.45) is 5.41 Å². The fraction of sp³-hybridized carbons (Fsp3) is 0.500. The number of sulfone groups is 2. The molecule has 0 atom stereocenters. The van der Waals surface area contributed by atoms with E-state index in [9.17, 15) is 21.6 Å². The minimum absolute atomic E-state index is 0.0457. The molecule has 0 fully saturated rings. The Kier molecular flexibility index (Phi) is 4.70. The van der Waals surface area contributed by atoms with Gasteiger partial charge in [0.1, 0.15) is 5.78 Å². The molecule has 1 aromatic rings. The van der Waals surface area contributed by atoms with Crippen LogP contribution in [0.5, 0.6) is 0 Å². The molecule has 0 aliphatic carbocycles. The normalized spacial score (nSPS) is 13.2. The van der Waals surface area contributed by atoms with Crippen LogP contribution in [0.1, 0.15) is 26.3 Å². The first-order valence-corrected chi connectivity index (χ1v) is 10.1. The number of Topliss-reactive ketones (excluding diaryl/α,β-unsaturated/α-hetero) is 1. The molecule has 0 bridgehead atoms. The molecule has 5 nitrogen and oxygen atoms in total. The van der Waals surface area contributed by atoms with Crippen molar-refractivity contribution >= 4 is 25.5 Å². The Labute approximate surface area is 126 Å². The number of benzene rings is 1. The summed E-state index contributed by atoms with van der Waals surface area (Å²) < 4.78 is 46.8. The molecule has 1 aromatic carbocycles. The van der Waals surface area contributed by atoms with Crippen molar-refractivity contribution in [3.63, 3.8) is 0 Å². The van der Waals surface area contributed by atoms with Crippen molar-refractivity contribution in [2.75, 3.05) is 12.5 Å². The summed E-state index contributed by atoms with van der Waals surface area (Å²) in [6.45, 7) is 5.25. The third kappa shape index (κ3) is 4.64. The quantitative estimate of drug-likeness (QED) is 0.837. The largest absolute Gasteiger partial charge is 0.299 e. The molecule has 0 spiro atoms. The third-order valence-corrected chi connectivity index (χ3v) is 5.34. The van der Waals surface area contributed by atoms with E-state index in [4.69, 9.17) is 0 Å². The monoisotopic (exact) mass is 332 g/mol. The summed E-state index contributed by atoms with van der Waals surface area (Å²) in [5.74, 6) is -0.112. The number of hydrogen-bond acceptors (Lipinski definition) is 5. The molecule has 0 aliphatic heterocycles. The van der Waals surface area contributed by atoms with Crippen LogP contribution in [0.2, 0.25) is 0 Å². The molecule has 118 valence electrons. The second kappa shape index (κ2) is 5.53. The van der Waals surface area contributed by atoms with E-state index < -0.39 is 25.1 Å². The number of rotatable bonds is 4. The Morgan fingerprint density at radius 3 is 1.90 bits per heavy atom. The zero-order valence-corrected chi connectivity index (χ0v) is 14.4. The molecular formula is C14H20O5S2. The first-order valence-electron chi connectivity index (χ1n) is 6.29. The van der Waals surface area contributed by atoms with Gasteiger partial charge in [-0.3, -0.25) is 4.79 Å². The maximum absolute atomic E-state index is 12.1. The summed E-state index contributed by atoms with van der Waals surface area (Å²) in [7, 11) is -7.13. The van der Waals surface area contributed by atoms with Crippen LogP contribution in [0.4, 0.5) is 0 Å². The molecule has 0 N–H and O–H groups in total. The van der Waals surface area contributed by atoms with Gasteiger partial charge in [0.2, 0.25) is 0 Å². The van der Waals surface area contributed by atoms with Gasteiger partial charge in [-0.05, 0) is 17.7 Å². The predicted molar refractivity (Wildman–Crippen MR) is 80.8 cm³/mol. The predicted octanol–water partition coefficient (Wildman–Crippen LogP) is 1.65. The van der Waals surface area contributed by atoms with E-state index in [1.807, 2.05) is 0 Å². The highest BCUT2D eigenvalue weighted by atomic mass is 32.2. The van der Waals surface area contributed by atoms with Gasteiger partial charge >= 0.3 is 0 Å². The van der Waals surface area contributed by atoms with Gasteiger partial charge in [-0.1, -0.05) is 26.8 Å². The van der Waals surface area contributed by atoms with Crippen LogP contribution in [-0.2, 0) is 30.9 Å². The molecule has 0 aromatic heterocycles. The van der Waals surface area contributed by atoms with Crippen molar-refractivity contribution < 1.29 is 21.6 Å². The molecule has 0 saturated carbocycles. The van der Waals surface area contributed by atoms with Crippen LogP contribution in [0, 0.1) is 5.41 Å². The summed E-state index contributed by atoms with van der Waals surface area (Å²) in [6, 6.07) is 3.85. The molecule has 0 aliphatic rings. The summed E-state index contributed by atoms with van der Waals surface area (Å²) in [5.41, 5.74) is -0.269. The van der Waals surface area contributed by atoms with Gasteiger partial charge in [0.15, 0.2) is 19.7 Å². The molecule has 0 radical (unpaired) electrons. The van der Waals surface area contributed by atoms with Gasteiger partial charge in [0.05, 0.1) is 9.79 Å². The summed E-state index contributed by atoms with van der Waals surface area (Å²) in [4.78, 5) is 11.9. The fourth-order valence-electron chi connectivity index (χ4n) is 1.69. The number of carbonyl (C=O) groups is 1. The highest BCUT2D eigenvalue weighted by Gasteiger charge is 2.25. The third-order valence-electron chi connectivity index (χ3n) is 3.05. The Balaban J connectivity index is 3.45. The Hall–Kier alpha value is -1.21. The lowest BCUT2D eigenvalue weighted by molar-refractivity contribution is -0.125. The van der Waals surface area contributed by atoms with Crippen molar-refractivity contribution in [1.82, 2.24) is 0 Å². The van der Waals surface area contributed by atoms with E-state index in [1.165, 1.54) is 12.1 Å². The van der Waals surface area contributed by atoms with Crippen LogP contribution in [-0.4, -0.2) is 35.1 Å². The van der Waals surface area contributed by atoms with E-state index in [1.54, 1.807) is 20.8 Å². The zero-order chi connectivity index (χ0) is 16.6. The second-order valence-electron chi connectivity index (χ2n) is 6.16. The first-order chi connectivity index (χ1) is 9.23. The Bertz CT molecular complexity index is 766. The standard InChI is InChI=1S/C14H20O5S2/c1-14(2,3)13(15)8-10-6-7-11(20(4,16)17)9-12(10)21(5,18)19/h6-7,9H,8H2,1-5H3. The van der Waals surface area contributed by atoms with Crippen LogP contribution < -0.4 is 0 Å². The highest BCUT2D eigenvalue weighted by molar-refractivity contribution is 7.91. The van der Waals surface area contributed by atoms with E-state index >= 15 is 0 Å². The van der Waals surface area contributed by atoms with E-state index in [2.05, 4.69) is 0 Å². The lowest BCUT2D eigenvalue weighted by atomic mass is 9.87. The van der Waals surface area contributed by atoms with Crippen molar-refractivity contribution in [1.29, 1.82) is 0 Å². The maximum Gasteiger partial charge on any atom is 0.175 e. The fourth-order valence-corrected chi connectivity index (χ4v) is 3.37. The molecule has 0 saturated heterocycles. The zero-order valence-electron chi connectivity index (χ0n) is 12.8. The van der Waals surface area contributed by atoms with Crippen LogP contribution in [0.25, 0.3) is 0 Å². The van der Waals surface area contributed by atoms with E-state index in [-0.39, 0.29) is 22.0 Å². The van der Waals surface area contributed by atoms with Gasteiger partial charge in [-0.25, -0.2) is 16.8 Å². The van der Waals surface area contributed by atoms with Gasteiger partial charge in [0.25, 0.3) is 0 Å². The van der Waals surface area contributed by atoms with Crippen LogP contribution in [0.3, 0.4) is 0 Å². The van der Waals surface area contributed by atoms with E-state index in [0.29, 0.717) is 5.56 Å². The van der Waals surface area contributed by atoms with Gasteiger partial charge in [0, 0.05) is 24.3 Å². The smallest absolute Gasteiger partial charge is 0.175 e. The molecule has 21 heavy (non-hydrogen) atoms. The molecule has 0 amide bonds. The average Bonchev–Trinajstić information content (AvgIpc) is 2.25. The summed E-state index contributed by atoms with van der Waals surface area (Å²) >= 11 is 0. The topological polar surface area (TPSA) is 85.3 Å². The molecule has 0 heterocycles. The molecule has 1 rings (SSSR count). The highest BCUT2D eigenvalue weighted by Crippen LogP contribution is 2.24. The van der Waals surface area contributed by atoms with Crippen molar-refractivity contribution in [2.45, 2.75) is 37.0 Å². The van der Waals surface area contributed by atoms with Gasteiger partial charge < -0.3 is 0 Å². The Morgan fingerprint density at radius 2 is 1.52 bits per heavy atom. The lowest BCUT2D eigenvalue weighted by Gasteiger charge is -2.18. The molecule has 7 heteroatoms. The van der Waals surface area contributed by atoms with Crippen molar-refractivity contribution in [3.05, 3.63) is 23.8 Å². The SMILES string of the molecule is CC(C)(C)C(=O)Cc1ccc(S(C)(=O)=O)cc1S(C)(=O)=O.